The molecule has 0 aliphatic carbocycles. The SMILES string of the molecule is NS(=O)(=O)c1c(N(F)F)ccc(-c2ccc(C3CN(C4CCNCC4)C3)cc2)c1-c1nn[nH]n1. The maximum atomic E-state index is 13.5. The summed E-state index contributed by atoms with van der Waals surface area (Å²) in [4.78, 5) is 1.75. The Bertz CT molecular complexity index is 1260. The lowest BCUT2D eigenvalue weighted by atomic mass is 9.87. The summed E-state index contributed by atoms with van der Waals surface area (Å²) in [6.07, 6.45) is 2.34. The van der Waals surface area contributed by atoms with Gasteiger partial charge in [-0.3, -0.25) is 4.90 Å². The van der Waals surface area contributed by atoms with Crippen LogP contribution in [0.15, 0.2) is 41.3 Å². The molecule has 2 saturated heterocycles. The van der Waals surface area contributed by atoms with Crippen LogP contribution in [-0.2, 0) is 10.0 Å². The minimum absolute atomic E-state index is 0.137. The number of piperidine rings is 1. The minimum Gasteiger partial charge on any atom is -0.317 e. The van der Waals surface area contributed by atoms with Crippen LogP contribution < -0.4 is 15.8 Å². The molecule has 0 atom stereocenters. The van der Waals surface area contributed by atoms with Gasteiger partial charge in [0.1, 0.15) is 10.6 Å². The lowest BCUT2D eigenvalue weighted by Crippen LogP contribution is -2.53. The van der Waals surface area contributed by atoms with Crippen LogP contribution in [0.4, 0.5) is 14.6 Å². The van der Waals surface area contributed by atoms with Crippen molar-refractivity contribution < 1.29 is 17.4 Å². The summed E-state index contributed by atoms with van der Waals surface area (Å²) in [5, 5.41) is 20.8. The molecule has 10 nitrogen and oxygen atoms in total. The summed E-state index contributed by atoms with van der Waals surface area (Å²) in [6, 6.07) is 10.7. The molecular weight excluding hydrogens is 466 g/mol. The van der Waals surface area contributed by atoms with Crippen LogP contribution in [0.25, 0.3) is 22.5 Å². The number of likely N-dealkylation sites (tertiary alicyclic amines) is 1. The van der Waals surface area contributed by atoms with E-state index in [-0.39, 0.29) is 11.4 Å². The Morgan fingerprint density at radius 1 is 1.06 bits per heavy atom. The highest BCUT2D eigenvalue weighted by Crippen LogP contribution is 2.41. The maximum Gasteiger partial charge on any atom is 0.241 e. The molecule has 180 valence electrons. The molecule has 3 aromatic rings. The molecular formula is C21H24F2N8O2S. The number of hydrogen-bond donors (Lipinski definition) is 3. The van der Waals surface area contributed by atoms with Crippen molar-refractivity contribution >= 4 is 15.7 Å². The molecule has 13 heteroatoms. The Balaban J connectivity index is 1.47. The molecule has 5 rings (SSSR count). The van der Waals surface area contributed by atoms with Gasteiger partial charge in [-0.15, -0.1) is 10.2 Å². The van der Waals surface area contributed by atoms with E-state index in [9.17, 15) is 17.4 Å². The Hall–Kier alpha value is -3.00. The summed E-state index contributed by atoms with van der Waals surface area (Å²) < 4.78 is 51.7. The molecule has 0 radical (unpaired) electrons. The van der Waals surface area contributed by atoms with E-state index in [1.165, 1.54) is 24.5 Å². The number of tetrazole rings is 1. The lowest BCUT2D eigenvalue weighted by Gasteiger charge is -2.46. The fourth-order valence-electron chi connectivity index (χ4n) is 4.85. The number of anilines is 1. The second kappa shape index (κ2) is 8.98. The van der Waals surface area contributed by atoms with Gasteiger partial charge in [0.15, 0.2) is 0 Å². The first kappa shape index (κ1) is 22.8. The maximum absolute atomic E-state index is 13.5. The number of nitrogens with two attached hydrogens (primary N) is 1. The number of rotatable bonds is 6. The number of nitrogens with zero attached hydrogens (tertiary/aromatic N) is 5. The summed E-state index contributed by atoms with van der Waals surface area (Å²) in [5.41, 5.74) is 1.15. The number of primary sulfonamides is 1. The highest BCUT2D eigenvalue weighted by molar-refractivity contribution is 7.89. The zero-order chi connectivity index (χ0) is 23.9. The standard InChI is InChI=1S/C21H24F2N8O2S/c22-31(23)18-6-5-17(19(20(18)34(24,32)33)21-26-28-29-27-21)14-3-1-13(2-4-14)15-11-30(12-15)16-7-9-25-10-8-16/h1-6,15-16,25H,7-12H2,(H2,24,32,33)(H,26,27,28,29). The lowest BCUT2D eigenvalue weighted by molar-refractivity contribution is 0.0729. The number of aromatic nitrogens is 4. The van der Waals surface area contributed by atoms with E-state index in [0.29, 0.717) is 23.1 Å². The molecule has 0 amide bonds. The van der Waals surface area contributed by atoms with Gasteiger partial charge in [-0.1, -0.05) is 39.3 Å². The molecule has 0 bridgehead atoms. The normalized spacial score (nSPS) is 18.1. The molecule has 0 unspecified atom stereocenters. The topological polar surface area (TPSA) is 133 Å². The summed E-state index contributed by atoms with van der Waals surface area (Å²) in [7, 11) is -4.55. The number of H-pyrrole nitrogens is 1. The third-order valence-corrected chi connectivity index (χ3v) is 7.58. The first-order valence-corrected chi connectivity index (χ1v) is 12.5. The van der Waals surface area contributed by atoms with Crippen LogP contribution in [0.5, 0.6) is 0 Å². The molecule has 2 aliphatic rings. The minimum atomic E-state index is -4.55. The van der Waals surface area contributed by atoms with Crippen LogP contribution in [0.3, 0.4) is 0 Å². The van der Waals surface area contributed by atoms with E-state index in [1.807, 2.05) is 24.3 Å². The largest absolute Gasteiger partial charge is 0.317 e. The predicted molar refractivity (Wildman–Crippen MR) is 121 cm³/mol. The van der Waals surface area contributed by atoms with Gasteiger partial charge in [0, 0.05) is 25.0 Å². The number of nitrogens with one attached hydrogen (secondary N) is 2. The van der Waals surface area contributed by atoms with Gasteiger partial charge in [-0.05, 0) is 59.2 Å². The number of halogens is 2. The highest BCUT2D eigenvalue weighted by Gasteiger charge is 2.34. The summed E-state index contributed by atoms with van der Waals surface area (Å²) in [5.74, 6) is 0.276. The Morgan fingerprint density at radius 3 is 2.35 bits per heavy atom. The van der Waals surface area contributed by atoms with E-state index >= 15 is 0 Å². The summed E-state index contributed by atoms with van der Waals surface area (Å²) >= 11 is 0. The van der Waals surface area contributed by atoms with Crippen molar-refractivity contribution in [3.63, 3.8) is 0 Å². The molecule has 1 aromatic heterocycles. The van der Waals surface area contributed by atoms with E-state index in [2.05, 4.69) is 30.8 Å². The zero-order valence-corrected chi connectivity index (χ0v) is 19.0. The second-order valence-corrected chi connectivity index (χ2v) is 10.1. The van der Waals surface area contributed by atoms with Crippen molar-refractivity contribution in [2.24, 2.45) is 5.14 Å². The highest BCUT2D eigenvalue weighted by atomic mass is 32.2. The van der Waals surface area contributed by atoms with Gasteiger partial charge in [0.2, 0.25) is 15.8 Å². The van der Waals surface area contributed by atoms with E-state index in [0.717, 1.165) is 32.2 Å². The Labute approximate surface area is 195 Å². The van der Waals surface area contributed by atoms with Crippen LogP contribution in [0, 0.1) is 0 Å². The third kappa shape index (κ3) is 4.27. The van der Waals surface area contributed by atoms with E-state index in [1.54, 1.807) is 0 Å². The average molecular weight is 491 g/mol. The molecule has 3 heterocycles. The molecule has 2 aliphatic heterocycles. The van der Waals surface area contributed by atoms with Crippen molar-refractivity contribution in [1.29, 1.82) is 0 Å². The van der Waals surface area contributed by atoms with Crippen molar-refractivity contribution in [3.8, 4) is 22.5 Å². The molecule has 4 N–H and O–H groups in total. The average Bonchev–Trinajstić information content (AvgIpc) is 3.32. The van der Waals surface area contributed by atoms with Gasteiger partial charge < -0.3 is 5.32 Å². The predicted octanol–water partition coefficient (Wildman–Crippen LogP) is 1.91. The number of benzene rings is 2. The molecule has 2 aromatic carbocycles. The van der Waals surface area contributed by atoms with Gasteiger partial charge in [-0.2, -0.15) is 5.21 Å². The third-order valence-electron chi connectivity index (χ3n) is 6.60. The van der Waals surface area contributed by atoms with Crippen molar-refractivity contribution in [1.82, 2.24) is 30.8 Å². The fraction of sp³-hybridized carbons (Fsp3) is 0.381. The molecule has 34 heavy (non-hydrogen) atoms. The zero-order valence-electron chi connectivity index (χ0n) is 18.2. The smallest absolute Gasteiger partial charge is 0.241 e. The van der Waals surface area contributed by atoms with Gasteiger partial charge in [0.25, 0.3) is 0 Å². The van der Waals surface area contributed by atoms with Crippen molar-refractivity contribution in [2.45, 2.75) is 29.7 Å². The Kier molecular flexibility index (Phi) is 6.02. The first-order chi connectivity index (χ1) is 16.3. The van der Waals surface area contributed by atoms with Crippen molar-refractivity contribution in [3.05, 3.63) is 42.0 Å². The van der Waals surface area contributed by atoms with Crippen LogP contribution in [-0.4, -0.2) is 66.2 Å². The van der Waals surface area contributed by atoms with Gasteiger partial charge >= 0.3 is 0 Å². The quantitative estimate of drug-likeness (QED) is 0.446. The fourth-order valence-corrected chi connectivity index (χ4v) is 5.77. The molecule has 2 fully saturated rings. The summed E-state index contributed by atoms with van der Waals surface area (Å²) in [6.45, 7) is 4.13. The number of sulfonamides is 1. The van der Waals surface area contributed by atoms with E-state index in [4.69, 9.17) is 5.14 Å². The Morgan fingerprint density at radius 2 is 1.76 bits per heavy atom. The first-order valence-electron chi connectivity index (χ1n) is 10.9. The van der Waals surface area contributed by atoms with Crippen LogP contribution in [0.2, 0.25) is 0 Å². The number of aromatic amines is 1. The van der Waals surface area contributed by atoms with Crippen LogP contribution >= 0.6 is 0 Å². The van der Waals surface area contributed by atoms with Crippen LogP contribution in [0.1, 0.15) is 24.3 Å². The monoisotopic (exact) mass is 490 g/mol. The second-order valence-electron chi connectivity index (χ2n) is 8.60. The van der Waals surface area contributed by atoms with E-state index < -0.39 is 26.0 Å². The number of hydrogen-bond acceptors (Lipinski definition) is 8. The van der Waals surface area contributed by atoms with Gasteiger partial charge in [-0.25, -0.2) is 13.6 Å². The van der Waals surface area contributed by atoms with Gasteiger partial charge in [0.05, 0.1) is 5.56 Å². The van der Waals surface area contributed by atoms with Crippen molar-refractivity contribution in [2.75, 3.05) is 31.5 Å². The molecule has 0 saturated carbocycles. The molecule has 0 spiro atoms.